The average molecular weight is 404 g/mol. The zero-order valence-electron chi connectivity index (χ0n) is 17.3. The van der Waals surface area contributed by atoms with Crippen molar-refractivity contribution in [2.45, 2.75) is 46.3 Å². The lowest BCUT2D eigenvalue weighted by atomic mass is 9.98. The summed E-state index contributed by atoms with van der Waals surface area (Å²) in [6.45, 7) is 6.84. The summed E-state index contributed by atoms with van der Waals surface area (Å²) in [5.41, 5.74) is 3.12. The second kappa shape index (κ2) is 8.49. The van der Waals surface area contributed by atoms with E-state index in [1.807, 2.05) is 57.2 Å². The molecule has 0 N–H and O–H groups in total. The van der Waals surface area contributed by atoms with Gasteiger partial charge >= 0.3 is 0 Å². The minimum Gasteiger partial charge on any atom is -0.488 e. The number of rotatable bonds is 7. The molecule has 4 aromatic rings. The summed E-state index contributed by atoms with van der Waals surface area (Å²) in [5, 5.41) is 12.2. The molecule has 1 atom stereocenters. The quantitative estimate of drug-likeness (QED) is 0.460. The number of hydrogen-bond donors (Lipinski definition) is 0. The third-order valence-corrected chi connectivity index (χ3v) is 5.36. The van der Waals surface area contributed by atoms with Crippen molar-refractivity contribution >= 4 is 11.0 Å². The lowest BCUT2D eigenvalue weighted by Crippen LogP contribution is -2.13. The summed E-state index contributed by atoms with van der Waals surface area (Å²) in [7, 11) is 0. The molecule has 7 heteroatoms. The Kier molecular flexibility index (Phi) is 5.61. The minimum atomic E-state index is -0.00492. The van der Waals surface area contributed by atoms with E-state index in [9.17, 15) is 4.79 Å². The molecule has 0 unspecified atom stereocenters. The van der Waals surface area contributed by atoms with Crippen LogP contribution in [0.15, 0.2) is 58.0 Å². The number of aryl methyl sites for hydroxylation is 2. The predicted octanol–water partition coefficient (Wildman–Crippen LogP) is 4.17. The second-order valence-electron chi connectivity index (χ2n) is 7.48. The van der Waals surface area contributed by atoms with Gasteiger partial charge in [-0.05, 0) is 43.2 Å². The topological polar surface area (TPSA) is 83.0 Å². The van der Waals surface area contributed by atoms with Crippen molar-refractivity contribution in [1.82, 2.24) is 20.2 Å². The Labute approximate surface area is 174 Å². The highest BCUT2D eigenvalue weighted by Gasteiger charge is 2.19. The van der Waals surface area contributed by atoms with Crippen LogP contribution in [-0.2, 0) is 13.2 Å². The van der Waals surface area contributed by atoms with Gasteiger partial charge in [-0.3, -0.25) is 4.79 Å². The van der Waals surface area contributed by atoms with E-state index < -0.39 is 0 Å². The Morgan fingerprint density at radius 3 is 2.63 bits per heavy atom. The predicted molar refractivity (Wildman–Crippen MR) is 114 cm³/mol. The third-order valence-electron chi connectivity index (χ3n) is 5.36. The summed E-state index contributed by atoms with van der Waals surface area (Å²) in [6.07, 6.45) is 2.14. The van der Waals surface area contributed by atoms with E-state index in [0.717, 1.165) is 17.5 Å². The maximum absolute atomic E-state index is 13.0. The van der Waals surface area contributed by atoms with Crippen molar-refractivity contribution in [3.63, 3.8) is 0 Å². The van der Waals surface area contributed by atoms with E-state index in [4.69, 9.17) is 9.15 Å². The van der Waals surface area contributed by atoms with Crippen LogP contribution in [0, 0.1) is 13.8 Å². The van der Waals surface area contributed by atoms with E-state index in [1.165, 1.54) is 11.1 Å². The van der Waals surface area contributed by atoms with E-state index in [1.54, 1.807) is 6.07 Å². The number of benzene rings is 2. The first-order valence-corrected chi connectivity index (χ1v) is 9.99. The van der Waals surface area contributed by atoms with Crippen LogP contribution < -0.4 is 10.2 Å². The van der Waals surface area contributed by atoms with Gasteiger partial charge in [0.05, 0.1) is 11.9 Å². The molecule has 0 bridgehead atoms. The number of nitrogens with zero attached hydrogens (tertiary/aromatic N) is 4. The Morgan fingerprint density at radius 1 is 1.10 bits per heavy atom. The van der Waals surface area contributed by atoms with Crippen molar-refractivity contribution in [2.75, 3.05) is 0 Å². The molecular formula is C23H24N4O3. The van der Waals surface area contributed by atoms with Gasteiger partial charge in [-0.1, -0.05) is 37.3 Å². The molecule has 0 aliphatic heterocycles. The van der Waals surface area contributed by atoms with E-state index >= 15 is 0 Å². The second-order valence-corrected chi connectivity index (χ2v) is 7.48. The first kappa shape index (κ1) is 19.8. The van der Waals surface area contributed by atoms with Crippen molar-refractivity contribution in [3.8, 4) is 5.75 Å². The minimum absolute atomic E-state index is 0.00492. The first-order chi connectivity index (χ1) is 14.5. The molecule has 0 saturated heterocycles. The fourth-order valence-corrected chi connectivity index (χ4v) is 3.58. The Balaban J connectivity index is 1.64. The van der Waals surface area contributed by atoms with E-state index in [0.29, 0.717) is 41.2 Å². The standard InChI is InChI=1S/C23H24N4O3/c1-15(11-12-27-25-14-24-26-27)22-17(3)21(28)19-9-10-20(16(2)23(19)30-22)29-13-18-7-5-4-6-8-18/h4-10,14-15H,11-13H2,1-3H3/t15-/m0/s1. The maximum atomic E-state index is 13.0. The summed E-state index contributed by atoms with van der Waals surface area (Å²) in [5.74, 6) is 1.43. The van der Waals surface area contributed by atoms with Crippen LogP contribution in [0.25, 0.3) is 11.0 Å². The molecule has 154 valence electrons. The van der Waals surface area contributed by atoms with Gasteiger partial charge in [-0.2, -0.15) is 4.80 Å². The molecule has 2 aromatic carbocycles. The van der Waals surface area contributed by atoms with Gasteiger partial charge in [0.2, 0.25) is 0 Å². The van der Waals surface area contributed by atoms with Crippen LogP contribution >= 0.6 is 0 Å². The van der Waals surface area contributed by atoms with Crippen molar-refractivity contribution in [1.29, 1.82) is 0 Å². The normalized spacial score (nSPS) is 12.2. The van der Waals surface area contributed by atoms with Crippen molar-refractivity contribution in [2.24, 2.45) is 0 Å². The van der Waals surface area contributed by atoms with Gasteiger partial charge in [0, 0.05) is 17.0 Å². The molecule has 0 aliphatic rings. The number of hydrogen-bond acceptors (Lipinski definition) is 6. The van der Waals surface area contributed by atoms with Crippen LogP contribution in [0.5, 0.6) is 5.75 Å². The SMILES string of the molecule is Cc1c([C@@H](C)CCn2ncnn2)oc2c(C)c(OCc3ccccc3)ccc2c1=O. The Hall–Kier alpha value is -3.48. The number of tetrazole rings is 1. The fraction of sp³-hybridized carbons (Fsp3) is 0.304. The molecule has 2 heterocycles. The number of aromatic nitrogens is 4. The number of fused-ring (bicyclic) bond motifs is 1. The van der Waals surface area contributed by atoms with E-state index in [2.05, 4.69) is 15.4 Å². The average Bonchev–Trinajstić information content (AvgIpc) is 3.28. The first-order valence-electron chi connectivity index (χ1n) is 9.99. The lowest BCUT2D eigenvalue weighted by Gasteiger charge is -2.16. The van der Waals surface area contributed by atoms with Crippen molar-refractivity contribution < 1.29 is 9.15 Å². The molecular weight excluding hydrogens is 380 g/mol. The Morgan fingerprint density at radius 2 is 1.90 bits per heavy atom. The van der Waals surface area contributed by atoms with Gasteiger partial charge in [-0.25, -0.2) is 0 Å². The fourth-order valence-electron chi connectivity index (χ4n) is 3.58. The smallest absolute Gasteiger partial charge is 0.195 e. The molecule has 0 aliphatic carbocycles. The largest absolute Gasteiger partial charge is 0.488 e. The summed E-state index contributed by atoms with van der Waals surface area (Å²) in [6, 6.07) is 13.6. The maximum Gasteiger partial charge on any atom is 0.195 e. The summed E-state index contributed by atoms with van der Waals surface area (Å²) >= 11 is 0. The van der Waals surface area contributed by atoms with Crippen LogP contribution in [0.1, 0.15) is 41.7 Å². The highest BCUT2D eigenvalue weighted by Crippen LogP contribution is 2.31. The molecule has 30 heavy (non-hydrogen) atoms. The van der Waals surface area contributed by atoms with Gasteiger partial charge in [-0.15, -0.1) is 10.2 Å². The number of ether oxygens (including phenoxy) is 1. The highest BCUT2D eigenvalue weighted by molar-refractivity contribution is 5.82. The molecule has 7 nitrogen and oxygen atoms in total. The molecule has 0 amide bonds. The molecule has 0 saturated carbocycles. The van der Waals surface area contributed by atoms with E-state index in [-0.39, 0.29) is 11.3 Å². The van der Waals surface area contributed by atoms with Crippen LogP contribution in [0.4, 0.5) is 0 Å². The molecule has 0 spiro atoms. The third kappa shape index (κ3) is 3.96. The van der Waals surface area contributed by atoms with Crippen LogP contribution in [-0.4, -0.2) is 20.2 Å². The zero-order valence-corrected chi connectivity index (χ0v) is 17.3. The van der Waals surface area contributed by atoms with Crippen molar-refractivity contribution in [3.05, 3.63) is 81.5 Å². The van der Waals surface area contributed by atoms with Crippen LogP contribution in [0.2, 0.25) is 0 Å². The molecule has 2 aromatic heterocycles. The van der Waals surface area contributed by atoms with Crippen LogP contribution in [0.3, 0.4) is 0 Å². The molecule has 4 rings (SSSR count). The molecule has 0 fully saturated rings. The van der Waals surface area contributed by atoms with Gasteiger partial charge in [0.25, 0.3) is 0 Å². The molecule has 0 radical (unpaired) electrons. The lowest BCUT2D eigenvalue weighted by molar-refractivity contribution is 0.304. The summed E-state index contributed by atoms with van der Waals surface area (Å²) in [4.78, 5) is 14.5. The van der Waals surface area contributed by atoms with Gasteiger partial charge in [0.15, 0.2) is 11.8 Å². The Bertz CT molecular complexity index is 1200. The summed E-state index contributed by atoms with van der Waals surface area (Å²) < 4.78 is 12.3. The highest BCUT2D eigenvalue weighted by atomic mass is 16.5. The monoisotopic (exact) mass is 404 g/mol. The zero-order chi connectivity index (χ0) is 21.1. The van der Waals surface area contributed by atoms with Gasteiger partial charge < -0.3 is 9.15 Å². The van der Waals surface area contributed by atoms with Gasteiger partial charge in [0.1, 0.15) is 23.7 Å².